The van der Waals surface area contributed by atoms with Gasteiger partial charge in [0.15, 0.2) is 0 Å². The molecule has 0 fully saturated rings. The first-order valence-electron chi connectivity index (χ1n) is 7.07. The molecule has 0 saturated carbocycles. The van der Waals surface area contributed by atoms with E-state index in [-0.39, 0.29) is 5.91 Å². The van der Waals surface area contributed by atoms with Gasteiger partial charge in [0.1, 0.15) is 5.65 Å². The maximum atomic E-state index is 12.2. The molecule has 5 heteroatoms. The highest BCUT2D eigenvalue weighted by Crippen LogP contribution is 2.18. The number of aromatic nitrogens is 3. The normalized spacial score (nSPS) is 11.1. The molecule has 0 unspecified atom stereocenters. The van der Waals surface area contributed by atoms with Crippen LogP contribution in [0.15, 0.2) is 61.2 Å². The second-order valence-electron chi connectivity index (χ2n) is 5.19. The number of pyridine rings is 1. The standard InChI is InChI=1S/C17H14N4O/c22-17(9-12-10-19-15-4-2-1-3-14(12)15)20-13-5-6-16-18-7-8-21(16)11-13/h1-8,10-11,19H,9H2,(H,20,22). The fourth-order valence-electron chi connectivity index (χ4n) is 2.65. The Labute approximate surface area is 126 Å². The smallest absolute Gasteiger partial charge is 0.228 e. The predicted molar refractivity (Wildman–Crippen MR) is 85.8 cm³/mol. The molecule has 3 heterocycles. The number of anilines is 1. The molecule has 1 aromatic carbocycles. The lowest BCUT2D eigenvalue weighted by atomic mass is 10.1. The van der Waals surface area contributed by atoms with Crippen molar-refractivity contribution in [2.75, 3.05) is 5.32 Å². The Hall–Kier alpha value is -3.08. The van der Waals surface area contributed by atoms with Crippen LogP contribution in [-0.4, -0.2) is 20.3 Å². The molecular formula is C17H14N4O. The Balaban J connectivity index is 1.54. The average molecular weight is 290 g/mol. The number of amides is 1. The Morgan fingerprint density at radius 2 is 2.14 bits per heavy atom. The molecule has 0 atom stereocenters. The molecule has 0 bridgehead atoms. The van der Waals surface area contributed by atoms with Crippen molar-refractivity contribution in [1.82, 2.24) is 14.4 Å². The fraction of sp³-hybridized carbons (Fsp3) is 0.0588. The summed E-state index contributed by atoms with van der Waals surface area (Å²) in [6, 6.07) is 11.7. The Morgan fingerprint density at radius 3 is 3.09 bits per heavy atom. The third kappa shape index (κ3) is 2.22. The summed E-state index contributed by atoms with van der Waals surface area (Å²) in [6.07, 6.45) is 7.67. The number of hydrogen-bond donors (Lipinski definition) is 2. The summed E-state index contributed by atoms with van der Waals surface area (Å²) in [5.74, 6) is -0.0378. The lowest BCUT2D eigenvalue weighted by Crippen LogP contribution is -2.14. The largest absolute Gasteiger partial charge is 0.361 e. The molecule has 0 aliphatic rings. The number of H-pyrrole nitrogens is 1. The van der Waals surface area contributed by atoms with Crippen LogP contribution in [0.5, 0.6) is 0 Å². The van der Waals surface area contributed by atoms with Crippen molar-refractivity contribution in [3.63, 3.8) is 0 Å². The highest BCUT2D eigenvalue weighted by Gasteiger charge is 2.09. The van der Waals surface area contributed by atoms with Crippen LogP contribution >= 0.6 is 0 Å². The van der Waals surface area contributed by atoms with Crippen molar-refractivity contribution >= 4 is 28.1 Å². The molecule has 0 radical (unpaired) electrons. The highest BCUT2D eigenvalue weighted by atomic mass is 16.1. The van der Waals surface area contributed by atoms with Crippen LogP contribution in [0.1, 0.15) is 5.56 Å². The zero-order chi connectivity index (χ0) is 14.9. The fourth-order valence-corrected chi connectivity index (χ4v) is 2.65. The molecule has 5 nitrogen and oxygen atoms in total. The summed E-state index contributed by atoms with van der Waals surface area (Å²) in [7, 11) is 0. The lowest BCUT2D eigenvalue weighted by molar-refractivity contribution is -0.115. The second-order valence-corrected chi connectivity index (χ2v) is 5.19. The van der Waals surface area contributed by atoms with Gasteiger partial charge in [0.25, 0.3) is 0 Å². The van der Waals surface area contributed by atoms with Gasteiger partial charge in [-0.25, -0.2) is 4.98 Å². The van der Waals surface area contributed by atoms with Crippen LogP contribution < -0.4 is 5.32 Å². The third-order valence-electron chi connectivity index (χ3n) is 3.70. The summed E-state index contributed by atoms with van der Waals surface area (Å²) < 4.78 is 1.88. The van der Waals surface area contributed by atoms with E-state index >= 15 is 0 Å². The van der Waals surface area contributed by atoms with Crippen molar-refractivity contribution in [3.05, 3.63) is 66.7 Å². The minimum Gasteiger partial charge on any atom is -0.361 e. The maximum absolute atomic E-state index is 12.2. The number of rotatable bonds is 3. The van der Waals surface area contributed by atoms with Crippen LogP contribution in [0.2, 0.25) is 0 Å². The summed E-state index contributed by atoms with van der Waals surface area (Å²) in [4.78, 5) is 19.6. The van der Waals surface area contributed by atoms with Gasteiger partial charge in [-0.2, -0.15) is 0 Å². The van der Waals surface area contributed by atoms with Crippen LogP contribution in [0.25, 0.3) is 16.6 Å². The summed E-state index contributed by atoms with van der Waals surface area (Å²) in [6.45, 7) is 0. The third-order valence-corrected chi connectivity index (χ3v) is 3.70. The van der Waals surface area contributed by atoms with Crippen LogP contribution in [0.4, 0.5) is 5.69 Å². The van der Waals surface area contributed by atoms with E-state index < -0.39 is 0 Å². The number of hydrogen-bond acceptors (Lipinski definition) is 2. The molecule has 0 aliphatic carbocycles. The SMILES string of the molecule is O=C(Cc1c[nH]c2ccccc12)Nc1ccc2nccn2c1. The number of carbonyl (C=O) groups excluding carboxylic acids is 1. The molecular weight excluding hydrogens is 276 g/mol. The van der Waals surface area contributed by atoms with Gasteiger partial charge in [-0.3, -0.25) is 4.79 Å². The molecule has 4 rings (SSSR count). The first kappa shape index (κ1) is 12.6. The van der Waals surface area contributed by atoms with Gasteiger partial charge in [-0.1, -0.05) is 18.2 Å². The molecule has 0 saturated heterocycles. The molecule has 0 spiro atoms. The van der Waals surface area contributed by atoms with Crippen LogP contribution in [-0.2, 0) is 11.2 Å². The summed E-state index contributed by atoms with van der Waals surface area (Å²) in [5.41, 5.74) is 3.66. The number of nitrogens with zero attached hydrogens (tertiary/aromatic N) is 2. The molecule has 1 amide bonds. The van der Waals surface area contributed by atoms with Crippen molar-refractivity contribution in [1.29, 1.82) is 0 Å². The maximum Gasteiger partial charge on any atom is 0.228 e. The van der Waals surface area contributed by atoms with Crippen molar-refractivity contribution < 1.29 is 4.79 Å². The number of imidazole rings is 1. The molecule has 0 aliphatic heterocycles. The van der Waals surface area contributed by atoms with E-state index in [4.69, 9.17) is 0 Å². The quantitative estimate of drug-likeness (QED) is 0.609. The van der Waals surface area contributed by atoms with E-state index in [0.717, 1.165) is 27.8 Å². The lowest BCUT2D eigenvalue weighted by Gasteiger charge is -2.05. The van der Waals surface area contributed by atoms with E-state index in [1.54, 1.807) is 6.20 Å². The first-order chi connectivity index (χ1) is 10.8. The average Bonchev–Trinajstić information content (AvgIpc) is 3.14. The van der Waals surface area contributed by atoms with Gasteiger partial charge in [-0.05, 0) is 23.8 Å². The van der Waals surface area contributed by atoms with Gasteiger partial charge in [0.05, 0.1) is 12.1 Å². The number of carbonyl (C=O) groups is 1. The second kappa shape index (κ2) is 5.04. The van der Waals surface area contributed by atoms with Crippen LogP contribution in [0.3, 0.4) is 0 Å². The topological polar surface area (TPSA) is 62.2 Å². The van der Waals surface area contributed by atoms with E-state index in [1.165, 1.54) is 0 Å². The van der Waals surface area contributed by atoms with E-state index in [2.05, 4.69) is 15.3 Å². The first-order valence-corrected chi connectivity index (χ1v) is 7.07. The zero-order valence-electron chi connectivity index (χ0n) is 11.8. The van der Waals surface area contributed by atoms with Gasteiger partial charge in [0.2, 0.25) is 5.91 Å². The van der Waals surface area contributed by atoms with Gasteiger partial charge >= 0.3 is 0 Å². The molecule has 4 aromatic rings. The molecule has 3 aromatic heterocycles. The highest BCUT2D eigenvalue weighted by molar-refractivity contribution is 5.95. The molecule has 108 valence electrons. The van der Waals surface area contributed by atoms with Gasteiger partial charge in [0, 0.05) is 35.7 Å². The van der Waals surface area contributed by atoms with Gasteiger partial charge < -0.3 is 14.7 Å². The Kier molecular flexibility index (Phi) is 2.89. The van der Waals surface area contributed by atoms with Crippen molar-refractivity contribution in [3.8, 4) is 0 Å². The van der Waals surface area contributed by atoms with E-state index in [1.807, 2.05) is 59.4 Å². The number of aromatic amines is 1. The number of fused-ring (bicyclic) bond motifs is 2. The Morgan fingerprint density at radius 1 is 1.23 bits per heavy atom. The minimum absolute atomic E-state index is 0.0378. The summed E-state index contributed by atoms with van der Waals surface area (Å²) >= 11 is 0. The minimum atomic E-state index is -0.0378. The molecule has 22 heavy (non-hydrogen) atoms. The predicted octanol–water partition coefficient (Wildman–Crippen LogP) is 3.00. The Bertz CT molecular complexity index is 967. The zero-order valence-corrected chi connectivity index (χ0v) is 11.8. The van der Waals surface area contributed by atoms with E-state index in [9.17, 15) is 4.79 Å². The number of para-hydroxylation sites is 1. The number of nitrogens with one attached hydrogen (secondary N) is 2. The van der Waals surface area contributed by atoms with Crippen molar-refractivity contribution in [2.24, 2.45) is 0 Å². The van der Waals surface area contributed by atoms with Crippen LogP contribution in [0, 0.1) is 0 Å². The summed E-state index contributed by atoms with van der Waals surface area (Å²) in [5, 5.41) is 4.01. The van der Waals surface area contributed by atoms with Gasteiger partial charge in [-0.15, -0.1) is 0 Å². The number of benzene rings is 1. The monoisotopic (exact) mass is 290 g/mol. The van der Waals surface area contributed by atoms with Crippen molar-refractivity contribution in [2.45, 2.75) is 6.42 Å². The van der Waals surface area contributed by atoms with E-state index in [0.29, 0.717) is 6.42 Å². The molecule has 2 N–H and O–H groups in total.